The Morgan fingerprint density at radius 3 is 2.76 bits per heavy atom. The zero-order valence-electron chi connectivity index (χ0n) is 15.5. The van der Waals surface area contributed by atoms with Crippen LogP contribution in [0.25, 0.3) is 0 Å². The van der Waals surface area contributed by atoms with Gasteiger partial charge in [-0.05, 0) is 74.6 Å². The van der Waals surface area contributed by atoms with Crippen LogP contribution in [0.5, 0.6) is 5.75 Å². The SMILES string of the molecule is COc1ccc2c(c1)CC(NCCCN(C)Cc1ccccc1)CC2. The van der Waals surface area contributed by atoms with Crippen LogP contribution in [0.15, 0.2) is 48.5 Å². The van der Waals surface area contributed by atoms with Crippen LogP contribution in [0, 0.1) is 0 Å². The molecule has 3 rings (SSSR count). The predicted molar refractivity (Wildman–Crippen MR) is 104 cm³/mol. The van der Waals surface area contributed by atoms with Gasteiger partial charge in [0.15, 0.2) is 0 Å². The van der Waals surface area contributed by atoms with E-state index in [1.165, 1.54) is 36.0 Å². The number of nitrogens with one attached hydrogen (secondary N) is 1. The summed E-state index contributed by atoms with van der Waals surface area (Å²) in [6.07, 6.45) is 4.71. The highest BCUT2D eigenvalue weighted by Gasteiger charge is 2.18. The van der Waals surface area contributed by atoms with Crippen molar-refractivity contribution in [1.29, 1.82) is 0 Å². The molecule has 0 amide bonds. The number of fused-ring (bicyclic) bond motifs is 1. The highest BCUT2D eigenvalue weighted by Crippen LogP contribution is 2.25. The topological polar surface area (TPSA) is 24.5 Å². The molecule has 2 aromatic rings. The van der Waals surface area contributed by atoms with Crippen LogP contribution < -0.4 is 10.1 Å². The Morgan fingerprint density at radius 2 is 1.96 bits per heavy atom. The van der Waals surface area contributed by atoms with Gasteiger partial charge < -0.3 is 15.0 Å². The van der Waals surface area contributed by atoms with Gasteiger partial charge in [-0.2, -0.15) is 0 Å². The monoisotopic (exact) mass is 338 g/mol. The van der Waals surface area contributed by atoms with Gasteiger partial charge in [0.1, 0.15) is 5.75 Å². The molecule has 0 saturated carbocycles. The van der Waals surface area contributed by atoms with Gasteiger partial charge in [-0.25, -0.2) is 0 Å². The normalized spacial score (nSPS) is 16.7. The van der Waals surface area contributed by atoms with Crippen molar-refractivity contribution >= 4 is 0 Å². The largest absolute Gasteiger partial charge is 0.497 e. The van der Waals surface area contributed by atoms with E-state index < -0.39 is 0 Å². The average molecular weight is 338 g/mol. The molecule has 0 heterocycles. The molecule has 0 aliphatic heterocycles. The zero-order chi connectivity index (χ0) is 17.5. The summed E-state index contributed by atoms with van der Waals surface area (Å²) in [6, 6.07) is 17.8. The number of ether oxygens (including phenoxy) is 1. The minimum Gasteiger partial charge on any atom is -0.497 e. The number of rotatable bonds is 8. The summed E-state index contributed by atoms with van der Waals surface area (Å²) in [5.41, 5.74) is 4.32. The van der Waals surface area contributed by atoms with Gasteiger partial charge in [0.05, 0.1) is 7.11 Å². The number of hydrogen-bond donors (Lipinski definition) is 1. The van der Waals surface area contributed by atoms with Gasteiger partial charge in [-0.1, -0.05) is 36.4 Å². The summed E-state index contributed by atoms with van der Waals surface area (Å²) < 4.78 is 5.36. The maximum Gasteiger partial charge on any atom is 0.119 e. The molecule has 1 aliphatic carbocycles. The fourth-order valence-corrected chi connectivity index (χ4v) is 3.66. The maximum atomic E-state index is 5.36. The van der Waals surface area contributed by atoms with Crippen LogP contribution in [-0.4, -0.2) is 38.2 Å². The van der Waals surface area contributed by atoms with E-state index in [1.54, 1.807) is 7.11 Å². The molecule has 134 valence electrons. The lowest BCUT2D eigenvalue weighted by Gasteiger charge is -2.26. The highest BCUT2D eigenvalue weighted by molar-refractivity contribution is 5.37. The van der Waals surface area contributed by atoms with E-state index in [-0.39, 0.29) is 0 Å². The van der Waals surface area contributed by atoms with Gasteiger partial charge in [0, 0.05) is 12.6 Å². The molecular formula is C22H30N2O. The summed E-state index contributed by atoms with van der Waals surface area (Å²) in [6.45, 7) is 3.24. The van der Waals surface area contributed by atoms with Crippen LogP contribution in [-0.2, 0) is 19.4 Å². The van der Waals surface area contributed by atoms with Gasteiger partial charge in [0.25, 0.3) is 0 Å². The molecule has 2 aromatic carbocycles. The Hall–Kier alpha value is -1.84. The maximum absolute atomic E-state index is 5.36. The number of aryl methyl sites for hydroxylation is 1. The van der Waals surface area contributed by atoms with Gasteiger partial charge in [-0.15, -0.1) is 0 Å². The first-order chi connectivity index (χ1) is 12.2. The highest BCUT2D eigenvalue weighted by atomic mass is 16.5. The molecular weight excluding hydrogens is 308 g/mol. The second-order valence-corrected chi connectivity index (χ2v) is 7.11. The molecule has 25 heavy (non-hydrogen) atoms. The van der Waals surface area contributed by atoms with E-state index >= 15 is 0 Å². The van der Waals surface area contributed by atoms with E-state index in [0.717, 1.165) is 31.8 Å². The Labute approximate surface area is 152 Å². The Bertz CT molecular complexity index is 656. The molecule has 0 spiro atoms. The molecule has 0 fully saturated rings. The van der Waals surface area contributed by atoms with Crippen molar-refractivity contribution in [2.24, 2.45) is 0 Å². The quantitative estimate of drug-likeness (QED) is 0.743. The van der Waals surface area contributed by atoms with Crippen LogP contribution in [0.2, 0.25) is 0 Å². The summed E-state index contributed by atoms with van der Waals surface area (Å²) in [5, 5.41) is 3.75. The van der Waals surface area contributed by atoms with Gasteiger partial charge in [-0.3, -0.25) is 0 Å². The van der Waals surface area contributed by atoms with Crippen molar-refractivity contribution in [3.8, 4) is 5.75 Å². The minimum atomic E-state index is 0.596. The summed E-state index contributed by atoms with van der Waals surface area (Å²) in [4.78, 5) is 2.40. The van der Waals surface area contributed by atoms with E-state index in [0.29, 0.717) is 6.04 Å². The minimum absolute atomic E-state index is 0.596. The number of nitrogens with zero attached hydrogens (tertiary/aromatic N) is 1. The second-order valence-electron chi connectivity index (χ2n) is 7.11. The number of benzene rings is 2. The van der Waals surface area contributed by atoms with Crippen molar-refractivity contribution in [2.75, 3.05) is 27.2 Å². The molecule has 3 heteroatoms. The third-order valence-corrected chi connectivity index (χ3v) is 5.09. The zero-order valence-corrected chi connectivity index (χ0v) is 15.5. The summed E-state index contributed by atoms with van der Waals surface area (Å²) >= 11 is 0. The van der Waals surface area contributed by atoms with Crippen LogP contribution in [0.4, 0.5) is 0 Å². The van der Waals surface area contributed by atoms with Crippen molar-refractivity contribution in [3.05, 3.63) is 65.2 Å². The number of hydrogen-bond acceptors (Lipinski definition) is 3. The Kier molecular flexibility index (Phi) is 6.48. The van der Waals surface area contributed by atoms with E-state index in [4.69, 9.17) is 4.74 Å². The molecule has 1 N–H and O–H groups in total. The van der Waals surface area contributed by atoms with Crippen LogP contribution >= 0.6 is 0 Å². The molecule has 3 nitrogen and oxygen atoms in total. The number of methoxy groups -OCH3 is 1. The van der Waals surface area contributed by atoms with Crippen LogP contribution in [0.1, 0.15) is 29.5 Å². The molecule has 1 atom stereocenters. The fraction of sp³-hybridized carbons (Fsp3) is 0.455. The summed E-state index contributed by atoms with van der Waals surface area (Å²) in [7, 11) is 3.95. The third-order valence-electron chi connectivity index (χ3n) is 5.09. The smallest absolute Gasteiger partial charge is 0.119 e. The average Bonchev–Trinajstić information content (AvgIpc) is 2.65. The van der Waals surface area contributed by atoms with Gasteiger partial charge >= 0.3 is 0 Å². The fourth-order valence-electron chi connectivity index (χ4n) is 3.66. The van der Waals surface area contributed by atoms with Crippen molar-refractivity contribution in [3.63, 3.8) is 0 Å². The van der Waals surface area contributed by atoms with Crippen molar-refractivity contribution in [2.45, 2.75) is 38.3 Å². The first-order valence-corrected chi connectivity index (χ1v) is 9.36. The Balaban J connectivity index is 1.38. The predicted octanol–water partition coefficient (Wildman–Crippen LogP) is 3.66. The van der Waals surface area contributed by atoms with E-state index in [9.17, 15) is 0 Å². The first-order valence-electron chi connectivity index (χ1n) is 9.36. The molecule has 0 radical (unpaired) electrons. The van der Waals surface area contributed by atoms with Crippen molar-refractivity contribution in [1.82, 2.24) is 10.2 Å². The Morgan fingerprint density at radius 1 is 1.12 bits per heavy atom. The second kappa shape index (κ2) is 9.02. The summed E-state index contributed by atoms with van der Waals surface area (Å²) in [5.74, 6) is 0.974. The van der Waals surface area contributed by atoms with E-state index in [2.05, 4.69) is 65.8 Å². The van der Waals surface area contributed by atoms with E-state index in [1.807, 2.05) is 0 Å². The lowest BCUT2D eigenvalue weighted by Crippen LogP contribution is -2.36. The lowest BCUT2D eigenvalue weighted by atomic mass is 9.88. The molecule has 1 aliphatic rings. The van der Waals surface area contributed by atoms with Crippen LogP contribution in [0.3, 0.4) is 0 Å². The third kappa shape index (κ3) is 5.32. The van der Waals surface area contributed by atoms with Crippen molar-refractivity contribution < 1.29 is 4.74 Å². The molecule has 0 saturated heterocycles. The first kappa shape index (κ1) is 18.0. The van der Waals surface area contributed by atoms with Gasteiger partial charge in [0.2, 0.25) is 0 Å². The standard InChI is InChI=1S/C22H30N2O/c1-24(17-18-7-4-3-5-8-18)14-6-13-23-21-11-9-19-10-12-22(25-2)16-20(19)15-21/h3-5,7-8,10,12,16,21,23H,6,9,11,13-15,17H2,1-2H3. The lowest BCUT2D eigenvalue weighted by molar-refractivity contribution is 0.314. The molecule has 0 bridgehead atoms. The molecule has 0 aromatic heterocycles. The molecule has 1 unspecified atom stereocenters.